The predicted octanol–water partition coefficient (Wildman–Crippen LogP) is -3.09. The van der Waals surface area contributed by atoms with Crippen LogP contribution in [0.4, 0.5) is 0 Å². The summed E-state index contributed by atoms with van der Waals surface area (Å²) in [6.07, 6.45) is -0.510. The molecule has 45 heavy (non-hydrogen) atoms. The van der Waals surface area contributed by atoms with Crippen molar-refractivity contribution in [3.05, 3.63) is 0 Å². The quantitative estimate of drug-likeness (QED) is 0.0467. The molecular formula is C27H48N8O10. The second-order valence-electron chi connectivity index (χ2n) is 10.7. The van der Waals surface area contributed by atoms with Crippen LogP contribution in [0.5, 0.6) is 0 Å². The first-order chi connectivity index (χ1) is 21.0. The molecule has 0 rings (SSSR count). The first-order valence-electron chi connectivity index (χ1n) is 14.7. The molecule has 18 nitrogen and oxygen atoms in total. The molecule has 0 heterocycles. The Morgan fingerprint density at radius 2 is 1.13 bits per heavy atom. The average Bonchev–Trinajstić information content (AvgIpc) is 2.96. The van der Waals surface area contributed by atoms with Crippen molar-refractivity contribution >= 4 is 47.4 Å². The Morgan fingerprint density at radius 1 is 0.644 bits per heavy atom. The van der Waals surface area contributed by atoms with Crippen LogP contribution in [0, 0.1) is 5.92 Å². The smallest absolute Gasteiger partial charge is 0.326 e. The van der Waals surface area contributed by atoms with E-state index in [0.717, 1.165) is 0 Å². The second kappa shape index (κ2) is 21.4. The number of amides is 6. The fourth-order valence-corrected chi connectivity index (χ4v) is 4.04. The molecule has 0 unspecified atom stereocenters. The van der Waals surface area contributed by atoms with Crippen LogP contribution in [0.3, 0.4) is 0 Å². The van der Waals surface area contributed by atoms with E-state index in [1.807, 2.05) is 0 Å². The molecule has 0 aliphatic heterocycles. The minimum Gasteiger partial charge on any atom is -0.481 e. The lowest BCUT2D eigenvalue weighted by Gasteiger charge is -2.28. The standard InChI is InChI=1S/C27H48N8O10/c1-3-14(2)22(35-23(40)15(29)7-12-21(38)39)26(43)33-17(8-10-19(30)36)25(42)32-16(6-4-5-13-28)24(41)34-18(27(44)45)9-11-20(31)37/h14-18,22H,3-13,28-29H2,1-2H3,(H2,30,36)(H2,31,37)(H,32,42)(H,33,43)(H,34,41)(H,35,40)(H,38,39)(H,44,45)/t14-,15-,16-,17-,18-,22-/m0/s1. The van der Waals surface area contributed by atoms with Crippen molar-refractivity contribution in [1.82, 2.24) is 21.3 Å². The maximum absolute atomic E-state index is 13.4. The topological polar surface area (TPSA) is 329 Å². The highest BCUT2D eigenvalue weighted by atomic mass is 16.4. The fourth-order valence-electron chi connectivity index (χ4n) is 4.04. The summed E-state index contributed by atoms with van der Waals surface area (Å²) in [7, 11) is 0. The molecule has 18 heteroatoms. The Labute approximate surface area is 261 Å². The highest BCUT2D eigenvalue weighted by molar-refractivity contribution is 5.96. The van der Waals surface area contributed by atoms with Crippen molar-refractivity contribution < 1.29 is 48.6 Å². The Hall–Kier alpha value is -4.32. The lowest BCUT2D eigenvalue weighted by Crippen LogP contribution is -2.59. The zero-order valence-corrected chi connectivity index (χ0v) is 25.7. The molecule has 0 aromatic rings. The van der Waals surface area contributed by atoms with Gasteiger partial charge in [0.25, 0.3) is 0 Å². The van der Waals surface area contributed by atoms with E-state index < -0.39 is 83.5 Å². The largest absolute Gasteiger partial charge is 0.481 e. The van der Waals surface area contributed by atoms with E-state index in [9.17, 15) is 43.5 Å². The lowest BCUT2D eigenvalue weighted by molar-refractivity contribution is -0.142. The summed E-state index contributed by atoms with van der Waals surface area (Å²) in [5.41, 5.74) is 21.6. The molecule has 0 saturated heterocycles. The SMILES string of the molecule is CC[C@H](C)[C@H](NC(=O)[C@@H](N)CCC(=O)O)C(=O)N[C@@H](CCC(N)=O)C(=O)N[C@@H](CCCCN)C(=O)N[C@@H](CCC(N)=O)C(=O)O. The number of unbranched alkanes of at least 4 members (excludes halogenated alkanes) is 1. The highest BCUT2D eigenvalue weighted by Gasteiger charge is 2.33. The Balaban J connectivity index is 6.00. The third kappa shape index (κ3) is 16.9. The summed E-state index contributed by atoms with van der Waals surface area (Å²) in [6, 6.07) is -6.60. The van der Waals surface area contributed by atoms with Gasteiger partial charge in [-0.15, -0.1) is 0 Å². The molecule has 0 radical (unpaired) electrons. The molecule has 0 fully saturated rings. The molecule has 256 valence electrons. The first-order valence-corrected chi connectivity index (χ1v) is 14.7. The van der Waals surface area contributed by atoms with Gasteiger partial charge >= 0.3 is 11.9 Å². The summed E-state index contributed by atoms with van der Waals surface area (Å²) in [5, 5.41) is 28.0. The predicted molar refractivity (Wildman–Crippen MR) is 159 cm³/mol. The molecule has 0 saturated carbocycles. The van der Waals surface area contributed by atoms with Gasteiger partial charge in [0, 0.05) is 19.3 Å². The second-order valence-corrected chi connectivity index (χ2v) is 10.7. The summed E-state index contributed by atoms with van der Waals surface area (Å²) < 4.78 is 0. The number of nitrogens with two attached hydrogens (primary N) is 4. The molecule has 14 N–H and O–H groups in total. The van der Waals surface area contributed by atoms with Crippen molar-refractivity contribution in [2.45, 2.75) is 108 Å². The van der Waals surface area contributed by atoms with Gasteiger partial charge < -0.3 is 54.4 Å². The summed E-state index contributed by atoms with van der Waals surface area (Å²) in [6.45, 7) is 3.68. The molecule has 0 aliphatic rings. The monoisotopic (exact) mass is 644 g/mol. The molecule has 0 aliphatic carbocycles. The van der Waals surface area contributed by atoms with E-state index in [1.165, 1.54) is 0 Å². The molecule has 0 spiro atoms. The fraction of sp³-hybridized carbons (Fsp3) is 0.704. The normalized spacial score (nSPS) is 14.8. The molecule has 0 bridgehead atoms. The molecular weight excluding hydrogens is 596 g/mol. The van der Waals surface area contributed by atoms with Crippen LogP contribution in [-0.2, 0) is 38.4 Å². The van der Waals surface area contributed by atoms with Crippen LogP contribution >= 0.6 is 0 Å². The van der Waals surface area contributed by atoms with Gasteiger partial charge in [-0.3, -0.25) is 33.6 Å². The van der Waals surface area contributed by atoms with Crippen molar-refractivity contribution in [1.29, 1.82) is 0 Å². The Morgan fingerprint density at radius 3 is 1.60 bits per heavy atom. The van der Waals surface area contributed by atoms with E-state index >= 15 is 0 Å². The zero-order valence-electron chi connectivity index (χ0n) is 25.7. The van der Waals surface area contributed by atoms with Gasteiger partial charge in [-0.05, 0) is 51.0 Å². The van der Waals surface area contributed by atoms with Crippen molar-refractivity contribution in [2.24, 2.45) is 28.9 Å². The number of carbonyl (C=O) groups excluding carboxylic acids is 6. The molecule has 6 atom stereocenters. The number of carbonyl (C=O) groups is 8. The van der Waals surface area contributed by atoms with Gasteiger partial charge in [-0.25, -0.2) is 4.79 Å². The molecule has 6 amide bonds. The summed E-state index contributed by atoms with van der Waals surface area (Å²) in [5.74, 6) is -7.97. The number of hydrogen-bond donors (Lipinski definition) is 10. The van der Waals surface area contributed by atoms with Crippen LogP contribution in [0.1, 0.15) is 78.1 Å². The van der Waals surface area contributed by atoms with E-state index in [-0.39, 0.29) is 51.5 Å². The minimum atomic E-state index is -1.48. The Bertz CT molecular complexity index is 1060. The number of carboxylic acids is 2. The minimum absolute atomic E-state index is 0.0349. The van der Waals surface area contributed by atoms with E-state index in [2.05, 4.69) is 21.3 Å². The zero-order chi connectivity index (χ0) is 34.7. The van der Waals surface area contributed by atoms with Crippen molar-refractivity contribution in [3.63, 3.8) is 0 Å². The third-order valence-electron chi connectivity index (χ3n) is 6.99. The van der Waals surface area contributed by atoms with Crippen LogP contribution in [0.25, 0.3) is 0 Å². The van der Waals surface area contributed by atoms with E-state index in [1.54, 1.807) is 13.8 Å². The number of aliphatic carboxylic acids is 2. The van der Waals surface area contributed by atoms with Crippen LogP contribution in [0.15, 0.2) is 0 Å². The number of carboxylic acid groups (broad SMARTS) is 2. The van der Waals surface area contributed by atoms with E-state index in [4.69, 9.17) is 28.0 Å². The van der Waals surface area contributed by atoms with E-state index in [0.29, 0.717) is 19.3 Å². The van der Waals surface area contributed by atoms with Crippen LogP contribution in [-0.4, -0.2) is 94.3 Å². The Kier molecular flexibility index (Phi) is 19.3. The third-order valence-corrected chi connectivity index (χ3v) is 6.99. The van der Waals surface area contributed by atoms with Gasteiger partial charge in [0.1, 0.15) is 24.2 Å². The summed E-state index contributed by atoms with van der Waals surface area (Å²) in [4.78, 5) is 97.6. The van der Waals surface area contributed by atoms with Gasteiger partial charge in [0.2, 0.25) is 35.4 Å². The molecule has 0 aromatic carbocycles. The van der Waals surface area contributed by atoms with Crippen LogP contribution in [0.2, 0.25) is 0 Å². The van der Waals surface area contributed by atoms with Gasteiger partial charge in [-0.1, -0.05) is 20.3 Å². The van der Waals surface area contributed by atoms with Crippen molar-refractivity contribution in [2.75, 3.05) is 6.54 Å². The highest BCUT2D eigenvalue weighted by Crippen LogP contribution is 2.11. The van der Waals surface area contributed by atoms with Gasteiger partial charge in [-0.2, -0.15) is 0 Å². The maximum atomic E-state index is 13.4. The molecule has 0 aromatic heterocycles. The maximum Gasteiger partial charge on any atom is 0.326 e. The van der Waals surface area contributed by atoms with Crippen LogP contribution < -0.4 is 44.2 Å². The van der Waals surface area contributed by atoms with Crippen molar-refractivity contribution in [3.8, 4) is 0 Å². The number of hydrogen-bond acceptors (Lipinski definition) is 10. The van der Waals surface area contributed by atoms with Gasteiger partial charge in [0.15, 0.2) is 0 Å². The first kappa shape index (κ1) is 40.7. The summed E-state index contributed by atoms with van der Waals surface area (Å²) >= 11 is 0. The average molecular weight is 645 g/mol. The number of nitrogens with one attached hydrogen (secondary N) is 4. The number of rotatable bonds is 24. The lowest BCUT2D eigenvalue weighted by atomic mass is 9.96. The van der Waals surface area contributed by atoms with Gasteiger partial charge in [0.05, 0.1) is 6.04 Å². The number of primary amides is 2.